The molecule has 6 heteroatoms. The third kappa shape index (κ3) is 3.57. The van der Waals surface area contributed by atoms with Crippen LogP contribution in [-0.2, 0) is 0 Å². The number of aromatic nitrogens is 3. The molecule has 3 heterocycles. The third-order valence-corrected chi connectivity index (χ3v) is 5.13. The van der Waals surface area contributed by atoms with Crippen LogP contribution in [0.25, 0.3) is 22.2 Å². The van der Waals surface area contributed by atoms with Gasteiger partial charge >= 0.3 is 0 Å². The first-order valence-electron chi connectivity index (χ1n) is 9.39. The van der Waals surface area contributed by atoms with Crippen molar-refractivity contribution in [3.63, 3.8) is 0 Å². The Bertz CT molecular complexity index is 988. The van der Waals surface area contributed by atoms with Crippen LogP contribution in [0.15, 0.2) is 30.5 Å². The zero-order valence-electron chi connectivity index (χ0n) is 16.0. The van der Waals surface area contributed by atoms with E-state index >= 15 is 0 Å². The minimum Gasteiger partial charge on any atom is -0.507 e. The summed E-state index contributed by atoms with van der Waals surface area (Å²) in [6, 6.07) is 8.00. The quantitative estimate of drug-likeness (QED) is 0.742. The van der Waals surface area contributed by atoms with E-state index in [1.807, 2.05) is 32.2 Å². The molecule has 1 aliphatic heterocycles. The average molecular weight is 363 g/mol. The molecule has 1 aromatic carbocycles. The topological polar surface area (TPSA) is 74.2 Å². The van der Waals surface area contributed by atoms with Gasteiger partial charge in [0.2, 0.25) is 0 Å². The number of fused-ring (bicyclic) bond motifs is 1. The smallest absolute Gasteiger partial charge is 0.175 e. The first-order valence-corrected chi connectivity index (χ1v) is 9.39. The van der Waals surface area contributed by atoms with Gasteiger partial charge in [-0.1, -0.05) is 6.07 Å². The molecule has 1 atom stereocenters. The summed E-state index contributed by atoms with van der Waals surface area (Å²) in [6.45, 7) is 6.07. The molecule has 1 fully saturated rings. The molecule has 0 bridgehead atoms. The first-order chi connectivity index (χ1) is 13.0. The Hall–Kier alpha value is -2.73. The van der Waals surface area contributed by atoms with Gasteiger partial charge in [0.15, 0.2) is 5.82 Å². The van der Waals surface area contributed by atoms with Gasteiger partial charge in [-0.2, -0.15) is 0 Å². The summed E-state index contributed by atoms with van der Waals surface area (Å²) in [4.78, 5) is 6.96. The summed E-state index contributed by atoms with van der Waals surface area (Å²) >= 11 is 0. The summed E-state index contributed by atoms with van der Waals surface area (Å²) in [5.41, 5.74) is 4.17. The Morgan fingerprint density at radius 2 is 2.00 bits per heavy atom. The van der Waals surface area contributed by atoms with Gasteiger partial charge in [0.05, 0.1) is 0 Å². The van der Waals surface area contributed by atoms with Crippen LogP contribution in [0.1, 0.15) is 24.0 Å². The van der Waals surface area contributed by atoms with Crippen molar-refractivity contribution in [3.05, 3.63) is 41.6 Å². The van der Waals surface area contributed by atoms with E-state index < -0.39 is 0 Å². The molecule has 2 aromatic heterocycles. The zero-order chi connectivity index (χ0) is 19.0. The van der Waals surface area contributed by atoms with Crippen LogP contribution in [0.3, 0.4) is 0 Å². The van der Waals surface area contributed by atoms with Gasteiger partial charge in [-0.3, -0.25) is 4.98 Å². The van der Waals surface area contributed by atoms with Crippen molar-refractivity contribution < 1.29 is 5.11 Å². The van der Waals surface area contributed by atoms with Crippen molar-refractivity contribution in [3.8, 4) is 17.0 Å². The second-order valence-corrected chi connectivity index (χ2v) is 7.57. The molecule has 6 nitrogen and oxygen atoms in total. The Morgan fingerprint density at radius 3 is 2.78 bits per heavy atom. The van der Waals surface area contributed by atoms with Gasteiger partial charge in [-0.05, 0) is 69.6 Å². The van der Waals surface area contributed by atoms with Crippen LogP contribution in [0.4, 0.5) is 5.82 Å². The van der Waals surface area contributed by atoms with Crippen LogP contribution >= 0.6 is 0 Å². The lowest BCUT2D eigenvalue weighted by Crippen LogP contribution is -2.40. The summed E-state index contributed by atoms with van der Waals surface area (Å²) in [5, 5.41) is 23.8. The Labute approximate surface area is 159 Å². The van der Waals surface area contributed by atoms with Gasteiger partial charge in [-0.25, -0.2) is 0 Å². The summed E-state index contributed by atoms with van der Waals surface area (Å²) < 4.78 is 0. The molecule has 0 radical (unpaired) electrons. The molecule has 2 N–H and O–H groups in total. The minimum absolute atomic E-state index is 0.210. The number of likely N-dealkylation sites (N-methyl/N-ethyl adjacent to an activating group) is 1. The van der Waals surface area contributed by atoms with E-state index in [1.54, 1.807) is 6.07 Å². The highest BCUT2D eigenvalue weighted by atomic mass is 16.3. The number of hydrogen-bond donors (Lipinski definition) is 2. The largest absolute Gasteiger partial charge is 0.507 e. The molecule has 27 heavy (non-hydrogen) atoms. The minimum atomic E-state index is 0.210. The molecule has 0 amide bonds. The number of benzene rings is 1. The van der Waals surface area contributed by atoms with E-state index in [-0.39, 0.29) is 5.75 Å². The molecule has 0 spiro atoms. The Kier molecular flexibility index (Phi) is 4.66. The summed E-state index contributed by atoms with van der Waals surface area (Å²) in [5.74, 6) is 0.919. The van der Waals surface area contributed by atoms with Gasteiger partial charge in [-0.15, -0.1) is 10.2 Å². The van der Waals surface area contributed by atoms with Crippen LogP contribution in [0.2, 0.25) is 0 Å². The van der Waals surface area contributed by atoms with E-state index in [0.717, 1.165) is 41.5 Å². The molecule has 140 valence electrons. The van der Waals surface area contributed by atoms with Gasteiger partial charge in [0, 0.05) is 29.7 Å². The molecular formula is C21H25N5O. The Balaban J connectivity index is 1.80. The van der Waals surface area contributed by atoms with Crippen molar-refractivity contribution >= 4 is 16.7 Å². The molecule has 0 unspecified atom stereocenters. The van der Waals surface area contributed by atoms with E-state index in [2.05, 4.69) is 38.5 Å². The molecule has 1 saturated heterocycles. The van der Waals surface area contributed by atoms with Crippen LogP contribution in [-0.4, -0.2) is 51.4 Å². The SMILES string of the molecule is Cc1ccc(-c2nnc(N[C@@H]3CCCN(C)C3)c3ncc(C)cc23)c(O)c1. The van der Waals surface area contributed by atoms with Crippen LogP contribution < -0.4 is 5.32 Å². The number of nitrogens with zero attached hydrogens (tertiary/aromatic N) is 4. The Morgan fingerprint density at radius 1 is 1.15 bits per heavy atom. The standard InChI is InChI=1S/C21H25N5O/c1-13-6-7-16(18(27)10-13)19-17-9-14(2)11-22-20(17)21(25-24-19)23-15-5-4-8-26(3)12-15/h6-7,9-11,15,27H,4-5,8,12H2,1-3H3,(H,23,25)/t15-/m1/s1. The molecule has 4 rings (SSSR count). The number of aromatic hydroxyl groups is 1. The van der Waals surface area contributed by atoms with Gasteiger partial charge in [0.25, 0.3) is 0 Å². The number of nitrogens with one attached hydrogen (secondary N) is 1. The highest BCUT2D eigenvalue weighted by molar-refractivity contribution is 5.98. The predicted octanol–water partition coefficient (Wildman–Crippen LogP) is 3.52. The fourth-order valence-corrected chi connectivity index (χ4v) is 3.76. The number of aryl methyl sites for hydroxylation is 2. The lowest BCUT2D eigenvalue weighted by molar-refractivity contribution is 0.261. The average Bonchev–Trinajstić information content (AvgIpc) is 2.62. The van der Waals surface area contributed by atoms with Crippen molar-refractivity contribution in [2.45, 2.75) is 32.7 Å². The molecule has 0 aliphatic carbocycles. The number of phenolic OH excluding ortho intramolecular Hbond substituents is 1. The fourth-order valence-electron chi connectivity index (χ4n) is 3.76. The lowest BCUT2D eigenvalue weighted by atomic mass is 10.0. The van der Waals surface area contributed by atoms with Gasteiger partial charge in [0.1, 0.15) is 17.0 Å². The number of piperidine rings is 1. The van der Waals surface area contributed by atoms with E-state index in [9.17, 15) is 5.11 Å². The third-order valence-electron chi connectivity index (χ3n) is 5.13. The molecule has 1 aliphatic rings. The van der Waals surface area contributed by atoms with Gasteiger partial charge < -0.3 is 15.3 Å². The second kappa shape index (κ2) is 7.12. The lowest BCUT2D eigenvalue weighted by Gasteiger charge is -2.30. The number of hydrogen-bond acceptors (Lipinski definition) is 6. The zero-order valence-corrected chi connectivity index (χ0v) is 16.0. The first kappa shape index (κ1) is 17.7. The van der Waals surface area contributed by atoms with Crippen molar-refractivity contribution in [1.29, 1.82) is 0 Å². The summed E-state index contributed by atoms with van der Waals surface area (Å²) in [7, 11) is 2.14. The number of anilines is 1. The number of phenols is 1. The maximum absolute atomic E-state index is 10.4. The number of likely N-dealkylation sites (tertiary alicyclic amines) is 1. The van der Waals surface area contributed by atoms with Crippen molar-refractivity contribution in [1.82, 2.24) is 20.1 Å². The fraction of sp³-hybridized carbons (Fsp3) is 0.381. The predicted molar refractivity (Wildman–Crippen MR) is 108 cm³/mol. The highest BCUT2D eigenvalue weighted by Crippen LogP contribution is 2.34. The highest BCUT2D eigenvalue weighted by Gasteiger charge is 2.20. The molecular weight excluding hydrogens is 338 g/mol. The van der Waals surface area contributed by atoms with E-state index in [4.69, 9.17) is 0 Å². The second-order valence-electron chi connectivity index (χ2n) is 7.57. The monoisotopic (exact) mass is 363 g/mol. The van der Waals surface area contributed by atoms with Crippen molar-refractivity contribution in [2.24, 2.45) is 0 Å². The number of pyridine rings is 1. The maximum atomic E-state index is 10.4. The molecule has 0 saturated carbocycles. The normalized spacial score (nSPS) is 18.0. The van der Waals surface area contributed by atoms with Crippen molar-refractivity contribution in [2.75, 3.05) is 25.5 Å². The van der Waals surface area contributed by atoms with Crippen LogP contribution in [0, 0.1) is 13.8 Å². The summed E-state index contributed by atoms with van der Waals surface area (Å²) in [6.07, 6.45) is 4.13. The molecule has 3 aromatic rings. The van der Waals surface area contributed by atoms with E-state index in [0.29, 0.717) is 23.1 Å². The van der Waals surface area contributed by atoms with E-state index in [1.165, 1.54) is 6.42 Å². The maximum Gasteiger partial charge on any atom is 0.175 e. The number of rotatable bonds is 3. The van der Waals surface area contributed by atoms with Crippen LogP contribution in [0.5, 0.6) is 5.75 Å².